The fraction of sp³-hybridized carbons (Fsp3) is 1.00. The first-order valence-electron chi connectivity index (χ1n) is 5.96. The van der Waals surface area contributed by atoms with E-state index >= 15 is 0 Å². The molecule has 0 aromatic carbocycles. The van der Waals surface area contributed by atoms with Gasteiger partial charge in [-0.15, -0.1) is 0 Å². The quantitative estimate of drug-likeness (QED) is 0.734. The predicted octanol–water partition coefficient (Wildman–Crippen LogP) is 2.21. The highest BCUT2D eigenvalue weighted by molar-refractivity contribution is 4.89. The molecular weight excluding hydrogens is 176 g/mol. The summed E-state index contributed by atoms with van der Waals surface area (Å²) in [7, 11) is 1.65. The topological polar surface area (TPSA) is 29.5 Å². The van der Waals surface area contributed by atoms with Crippen molar-refractivity contribution in [1.82, 2.24) is 0 Å². The van der Waals surface area contributed by atoms with Gasteiger partial charge in [0.05, 0.1) is 12.7 Å². The highest BCUT2D eigenvalue weighted by atomic mass is 16.5. The van der Waals surface area contributed by atoms with Gasteiger partial charge >= 0.3 is 0 Å². The van der Waals surface area contributed by atoms with Crippen LogP contribution < -0.4 is 0 Å². The molecule has 82 valence electrons. The van der Waals surface area contributed by atoms with Gasteiger partial charge in [-0.25, -0.2) is 0 Å². The molecule has 2 saturated carbocycles. The lowest BCUT2D eigenvalue weighted by molar-refractivity contribution is 0.0529. The molecule has 1 N–H and O–H groups in total. The summed E-state index contributed by atoms with van der Waals surface area (Å²) in [5.74, 6) is 2.94. The summed E-state index contributed by atoms with van der Waals surface area (Å²) in [6.07, 6.45) is 7.75. The van der Waals surface area contributed by atoms with E-state index in [-0.39, 0.29) is 6.10 Å². The van der Waals surface area contributed by atoms with Gasteiger partial charge in [-0.05, 0) is 49.9 Å². The average Bonchev–Trinajstić information content (AvgIpc) is 2.76. The van der Waals surface area contributed by atoms with E-state index in [2.05, 4.69) is 0 Å². The second-order valence-corrected chi connectivity index (χ2v) is 5.12. The van der Waals surface area contributed by atoms with E-state index in [0.29, 0.717) is 6.61 Å². The molecule has 2 bridgehead atoms. The monoisotopic (exact) mass is 198 g/mol. The molecular formula is C12H22O2. The van der Waals surface area contributed by atoms with Gasteiger partial charge in [0.25, 0.3) is 0 Å². The van der Waals surface area contributed by atoms with Gasteiger partial charge in [0.1, 0.15) is 0 Å². The van der Waals surface area contributed by atoms with E-state index in [1.165, 1.54) is 32.1 Å². The summed E-state index contributed by atoms with van der Waals surface area (Å²) in [4.78, 5) is 0. The Labute approximate surface area is 86.6 Å². The molecule has 4 atom stereocenters. The summed E-state index contributed by atoms with van der Waals surface area (Å²) in [5.41, 5.74) is 0. The molecule has 0 amide bonds. The smallest absolute Gasteiger partial charge is 0.0773 e. The lowest BCUT2D eigenvalue weighted by Gasteiger charge is -2.22. The lowest BCUT2D eigenvalue weighted by Crippen LogP contribution is -2.18. The van der Waals surface area contributed by atoms with Gasteiger partial charge in [-0.3, -0.25) is 0 Å². The molecule has 2 rings (SSSR count). The Morgan fingerprint density at radius 1 is 1.36 bits per heavy atom. The lowest BCUT2D eigenvalue weighted by atomic mass is 9.85. The van der Waals surface area contributed by atoms with Crippen LogP contribution in [0.4, 0.5) is 0 Å². The third kappa shape index (κ3) is 2.29. The number of ether oxygens (including phenoxy) is 1. The molecule has 0 spiro atoms. The molecule has 14 heavy (non-hydrogen) atoms. The van der Waals surface area contributed by atoms with Crippen LogP contribution in [0.15, 0.2) is 0 Å². The minimum absolute atomic E-state index is 0.237. The first-order valence-corrected chi connectivity index (χ1v) is 5.96. The van der Waals surface area contributed by atoms with Crippen molar-refractivity contribution in [2.75, 3.05) is 13.7 Å². The minimum atomic E-state index is -0.237. The van der Waals surface area contributed by atoms with Crippen molar-refractivity contribution in [3.05, 3.63) is 0 Å². The maximum Gasteiger partial charge on any atom is 0.0773 e. The zero-order valence-electron chi connectivity index (χ0n) is 9.11. The van der Waals surface area contributed by atoms with Crippen molar-refractivity contribution in [3.8, 4) is 0 Å². The number of aliphatic hydroxyl groups excluding tert-OH is 1. The molecule has 2 heteroatoms. The van der Waals surface area contributed by atoms with Crippen molar-refractivity contribution in [2.45, 2.75) is 44.6 Å². The Balaban J connectivity index is 1.66. The Morgan fingerprint density at radius 2 is 2.21 bits per heavy atom. The molecule has 2 aliphatic carbocycles. The molecule has 0 aliphatic heterocycles. The maximum atomic E-state index is 9.55. The number of rotatable bonds is 5. The molecule has 0 saturated heterocycles. The summed E-state index contributed by atoms with van der Waals surface area (Å²) in [6, 6.07) is 0. The van der Waals surface area contributed by atoms with Crippen molar-refractivity contribution < 1.29 is 9.84 Å². The Morgan fingerprint density at radius 3 is 2.79 bits per heavy atom. The van der Waals surface area contributed by atoms with Gasteiger partial charge in [0.2, 0.25) is 0 Å². The van der Waals surface area contributed by atoms with E-state index in [1.54, 1.807) is 7.11 Å². The van der Waals surface area contributed by atoms with Crippen molar-refractivity contribution in [1.29, 1.82) is 0 Å². The average molecular weight is 198 g/mol. The predicted molar refractivity (Wildman–Crippen MR) is 56.1 cm³/mol. The normalized spacial score (nSPS) is 37.7. The minimum Gasteiger partial charge on any atom is -0.391 e. The molecule has 0 aromatic rings. The first kappa shape index (κ1) is 10.4. The van der Waals surface area contributed by atoms with Crippen LogP contribution in [0.2, 0.25) is 0 Å². The Kier molecular flexibility index (Phi) is 3.45. The number of aliphatic hydroxyl groups is 1. The van der Waals surface area contributed by atoms with E-state index < -0.39 is 0 Å². The molecule has 2 nitrogen and oxygen atoms in total. The number of methoxy groups -OCH3 is 1. The van der Waals surface area contributed by atoms with Crippen LogP contribution in [0.5, 0.6) is 0 Å². The van der Waals surface area contributed by atoms with Gasteiger partial charge < -0.3 is 9.84 Å². The maximum absolute atomic E-state index is 9.55. The fourth-order valence-corrected chi connectivity index (χ4v) is 3.41. The Hall–Kier alpha value is -0.0800. The van der Waals surface area contributed by atoms with Crippen LogP contribution in [0.1, 0.15) is 38.5 Å². The van der Waals surface area contributed by atoms with Crippen LogP contribution in [0.3, 0.4) is 0 Å². The number of hydrogen-bond acceptors (Lipinski definition) is 2. The SMILES string of the molecule is COCC(O)CCC1CC2CCC1C2. The molecule has 2 fully saturated rings. The first-order chi connectivity index (χ1) is 6.79. The molecule has 2 aliphatic rings. The fourth-order valence-electron chi connectivity index (χ4n) is 3.41. The van der Waals surface area contributed by atoms with Crippen LogP contribution in [0, 0.1) is 17.8 Å². The van der Waals surface area contributed by atoms with Crippen molar-refractivity contribution in [3.63, 3.8) is 0 Å². The molecule has 4 unspecified atom stereocenters. The number of hydrogen-bond donors (Lipinski definition) is 1. The van der Waals surface area contributed by atoms with Gasteiger partial charge in [-0.2, -0.15) is 0 Å². The van der Waals surface area contributed by atoms with E-state index in [1.807, 2.05) is 0 Å². The number of fused-ring (bicyclic) bond motifs is 2. The highest BCUT2D eigenvalue weighted by Gasteiger charge is 2.38. The third-order valence-corrected chi connectivity index (χ3v) is 4.11. The zero-order valence-corrected chi connectivity index (χ0v) is 9.11. The van der Waals surface area contributed by atoms with Gasteiger partial charge in [-0.1, -0.05) is 6.42 Å². The van der Waals surface area contributed by atoms with E-state index in [0.717, 1.165) is 24.2 Å². The molecule has 0 radical (unpaired) electrons. The zero-order chi connectivity index (χ0) is 9.97. The summed E-state index contributed by atoms with van der Waals surface area (Å²) < 4.78 is 4.93. The van der Waals surface area contributed by atoms with Crippen molar-refractivity contribution >= 4 is 0 Å². The Bertz CT molecular complexity index is 181. The second kappa shape index (κ2) is 4.63. The van der Waals surface area contributed by atoms with Gasteiger partial charge in [0.15, 0.2) is 0 Å². The van der Waals surface area contributed by atoms with Crippen LogP contribution >= 0.6 is 0 Å². The third-order valence-electron chi connectivity index (χ3n) is 4.11. The molecule has 0 heterocycles. The van der Waals surface area contributed by atoms with Crippen LogP contribution in [-0.2, 0) is 4.74 Å². The summed E-state index contributed by atoms with van der Waals surface area (Å²) in [5, 5.41) is 9.55. The molecule has 0 aromatic heterocycles. The van der Waals surface area contributed by atoms with Crippen molar-refractivity contribution in [2.24, 2.45) is 17.8 Å². The van der Waals surface area contributed by atoms with E-state index in [9.17, 15) is 5.11 Å². The van der Waals surface area contributed by atoms with Gasteiger partial charge in [0, 0.05) is 7.11 Å². The highest BCUT2D eigenvalue weighted by Crippen LogP contribution is 2.49. The standard InChI is InChI=1S/C12H22O2/c1-14-8-12(13)5-4-11-7-9-2-3-10(11)6-9/h9-13H,2-8H2,1H3. The summed E-state index contributed by atoms with van der Waals surface area (Å²) >= 11 is 0. The summed E-state index contributed by atoms with van der Waals surface area (Å²) in [6.45, 7) is 0.501. The van der Waals surface area contributed by atoms with Crippen LogP contribution in [0.25, 0.3) is 0 Å². The van der Waals surface area contributed by atoms with Crippen LogP contribution in [-0.4, -0.2) is 24.9 Å². The van der Waals surface area contributed by atoms with E-state index in [4.69, 9.17) is 4.74 Å². The largest absolute Gasteiger partial charge is 0.391 e. The second-order valence-electron chi connectivity index (χ2n) is 5.12.